The number of aromatic nitrogens is 3. The quantitative estimate of drug-likeness (QED) is 0.396. The van der Waals surface area contributed by atoms with Crippen LogP contribution in [0.2, 0.25) is 0 Å². The van der Waals surface area contributed by atoms with Crippen LogP contribution < -0.4 is 15.4 Å². The highest BCUT2D eigenvalue weighted by Gasteiger charge is 2.41. The van der Waals surface area contributed by atoms with E-state index in [1.165, 1.54) is 13.3 Å². The van der Waals surface area contributed by atoms with Gasteiger partial charge in [-0.1, -0.05) is 11.8 Å². The van der Waals surface area contributed by atoms with Crippen LogP contribution in [-0.2, 0) is 0 Å². The number of aliphatic hydroxyl groups is 3. The zero-order valence-corrected chi connectivity index (χ0v) is 17.9. The number of hydrogen-bond acceptors (Lipinski definition) is 9. The summed E-state index contributed by atoms with van der Waals surface area (Å²) < 4.78 is 42.9. The largest absolute Gasteiger partial charge is 0.481 e. The summed E-state index contributed by atoms with van der Waals surface area (Å²) >= 11 is 0. The highest BCUT2D eigenvalue weighted by molar-refractivity contribution is 5.60. The van der Waals surface area contributed by atoms with Gasteiger partial charge in [-0.3, -0.25) is 0 Å². The summed E-state index contributed by atoms with van der Waals surface area (Å²) in [5, 5.41) is 34.9. The highest BCUT2D eigenvalue weighted by Crippen LogP contribution is 2.30. The molecule has 3 rings (SSSR count). The van der Waals surface area contributed by atoms with Crippen LogP contribution in [0, 0.1) is 24.7 Å². The van der Waals surface area contributed by atoms with Crippen LogP contribution in [0.3, 0.4) is 0 Å². The number of nitrogens with zero attached hydrogens (tertiary/aromatic N) is 3. The first-order chi connectivity index (χ1) is 15.6. The second kappa shape index (κ2) is 10.2. The van der Waals surface area contributed by atoms with Gasteiger partial charge in [0, 0.05) is 30.4 Å². The molecule has 9 nitrogen and oxygen atoms in total. The minimum Gasteiger partial charge on any atom is -0.481 e. The number of alkyl halides is 3. The Hall–Kier alpha value is -3.14. The van der Waals surface area contributed by atoms with Crippen molar-refractivity contribution in [2.24, 2.45) is 5.92 Å². The molecular formula is C21H24F3N5O4. The molecule has 2 heterocycles. The fourth-order valence-electron chi connectivity index (χ4n) is 3.42. The molecular weight excluding hydrogens is 443 g/mol. The van der Waals surface area contributed by atoms with Gasteiger partial charge in [0.15, 0.2) is 0 Å². The minimum atomic E-state index is -4.47. The first-order valence-electron chi connectivity index (χ1n) is 10.1. The van der Waals surface area contributed by atoms with Crippen molar-refractivity contribution in [1.82, 2.24) is 15.0 Å². The summed E-state index contributed by atoms with van der Waals surface area (Å²) in [4.78, 5) is 12.2. The molecule has 1 fully saturated rings. The van der Waals surface area contributed by atoms with Gasteiger partial charge in [-0.2, -0.15) is 18.2 Å². The van der Waals surface area contributed by atoms with E-state index in [0.29, 0.717) is 22.7 Å². The number of aliphatic hydroxyl groups excluding tert-OH is 3. The molecule has 0 saturated heterocycles. The SMILES string of the molecule is COc1ccc(C#Cc2c(C)nc(NCC(F)(F)F)nc2NC2CC(CO)C(O)C2O)cn1. The highest BCUT2D eigenvalue weighted by atomic mass is 19.4. The predicted octanol–water partition coefficient (Wildman–Crippen LogP) is 1.08. The molecule has 1 aliphatic rings. The monoisotopic (exact) mass is 467 g/mol. The lowest BCUT2D eigenvalue weighted by Gasteiger charge is -2.20. The summed E-state index contributed by atoms with van der Waals surface area (Å²) in [5.41, 5.74) is 1.16. The molecule has 0 radical (unpaired) electrons. The van der Waals surface area contributed by atoms with E-state index >= 15 is 0 Å². The molecule has 2 aromatic rings. The average molecular weight is 467 g/mol. The number of hydrogen-bond donors (Lipinski definition) is 5. The summed E-state index contributed by atoms with van der Waals surface area (Å²) in [5.74, 6) is 5.48. The van der Waals surface area contributed by atoms with Crippen molar-refractivity contribution in [3.63, 3.8) is 0 Å². The van der Waals surface area contributed by atoms with E-state index in [1.54, 1.807) is 19.1 Å². The van der Waals surface area contributed by atoms with E-state index in [1.807, 2.05) is 0 Å². The summed E-state index contributed by atoms with van der Waals surface area (Å²) in [6.45, 7) is -0.0845. The molecule has 12 heteroatoms. The standard InChI is InChI=1S/C21H24F3N5O4/c1-11-14(5-3-12-4-6-16(33-2)25-8-12)19(29-20(27-11)26-10-21(22,23)24)28-15-7-13(9-30)17(31)18(15)32/h4,6,8,13,15,17-18,30-32H,7,9-10H2,1-2H3,(H2,26,27,28,29). The molecule has 2 aromatic heterocycles. The number of methoxy groups -OCH3 is 1. The van der Waals surface area contributed by atoms with Crippen molar-refractivity contribution in [3.05, 3.63) is 35.2 Å². The van der Waals surface area contributed by atoms with Crippen LogP contribution in [0.15, 0.2) is 18.3 Å². The van der Waals surface area contributed by atoms with Crippen molar-refractivity contribution in [2.45, 2.75) is 37.8 Å². The van der Waals surface area contributed by atoms with Crippen molar-refractivity contribution < 1.29 is 33.2 Å². The second-order valence-corrected chi connectivity index (χ2v) is 7.57. The Morgan fingerprint density at radius 3 is 2.52 bits per heavy atom. The van der Waals surface area contributed by atoms with E-state index in [-0.39, 0.29) is 24.8 Å². The molecule has 1 saturated carbocycles. The first-order valence-corrected chi connectivity index (χ1v) is 10.1. The fourth-order valence-corrected chi connectivity index (χ4v) is 3.42. The van der Waals surface area contributed by atoms with Gasteiger partial charge in [0.2, 0.25) is 11.8 Å². The molecule has 33 heavy (non-hydrogen) atoms. The Balaban J connectivity index is 1.94. The predicted molar refractivity (Wildman–Crippen MR) is 113 cm³/mol. The number of rotatable bonds is 6. The molecule has 0 amide bonds. The normalized spacial score (nSPS) is 22.4. The molecule has 0 bridgehead atoms. The zero-order chi connectivity index (χ0) is 24.2. The summed E-state index contributed by atoms with van der Waals surface area (Å²) in [6.07, 6.45) is -5.11. The van der Waals surface area contributed by atoms with Gasteiger partial charge in [0.25, 0.3) is 0 Å². The summed E-state index contributed by atoms with van der Waals surface area (Å²) in [6, 6.07) is 2.61. The van der Waals surface area contributed by atoms with Crippen LogP contribution in [-0.4, -0.2) is 75.0 Å². The van der Waals surface area contributed by atoms with E-state index < -0.39 is 36.9 Å². The van der Waals surface area contributed by atoms with E-state index in [4.69, 9.17) is 4.74 Å². The van der Waals surface area contributed by atoms with Gasteiger partial charge >= 0.3 is 6.18 Å². The molecule has 178 valence electrons. The van der Waals surface area contributed by atoms with Gasteiger partial charge in [-0.05, 0) is 19.4 Å². The van der Waals surface area contributed by atoms with Crippen LogP contribution >= 0.6 is 0 Å². The Bertz CT molecular complexity index is 1020. The number of nitrogens with one attached hydrogen (secondary N) is 2. The first kappa shape index (κ1) is 24.5. The van der Waals surface area contributed by atoms with Crippen LogP contribution in [0.5, 0.6) is 5.88 Å². The van der Waals surface area contributed by atoms with Gasteiger partial charge < -0.3 is 30.7 Å². The second-order valence-electron chi connectivity index (χ2n) is 7.57. The Kier molecular flexibility index (Phi) is 7.57. The zero-order valence-electron chi connectivity index (χ0n) is 17.9. The number of pyridine rings is 1. The van der Waals surface area contributed by atoms with Crippen LogP contribution in [0.25, 0.3) is 0 Å². The molecule has 1 aliphatic carbocycles. The molecule has 0 spiro atoms. The van der Waals surface area contributed by atoms with E-state index in [9.17, 15) is 28.5 Å². The number of aryl methyl sites for hydroxylation is 1. The lowest BCUT2D eigenvalue weighted by Crippen LogP contribution is -2.36. The Morgan fingerprint density at radius 1 is 1.18 bits per heavy atom. The molecule has 0 aliphatic heterocycles. The van der Waals surface area contributed by atoms with E-state index in [0.717, 1.165) is 0 Å². The molecule has 4 atom stereocenters. The lowest BCUT2D eigenvalue weighted by atomic mass is 10.1. The third kappa shape index (κ3) is 6.22. The van der Waals surface area contributed by atoms with Crippen LogP contribution in [0.4, 0.5) is 24.9 Å². The maximum Gasteiger partial charge on any atom is 0.405 e. The Morgan fingerprint density at radius 2 is 1.94 bits per heavy atom. The number of ether oxygens (including phenoxy) is 1. The lowest BCUT2D eigenvalue weighted by molar-refractivity contribution is -0.115. The van der Waals surface area contributed by atoms with Crippen molar-refractivity contribution in [3.8, 4) is 17.7 Å². The Labute approximate surface area is 188 Å². The van der Waals surface area contributed by atoms with E-state index in [2.05, 4.69) is 37.4 Å². The van der Waals surface area contributed by atoms with Gasteiger partial charge in [0.05, 0.1) is 30.5 Å². The van der Waals surface area contributed by atoms with Crippen molar-refractivity contribution in [1.29, 1.82) is 0 Å². The van der Waals surface area contributed by atoms with Crippen molar-refractivity contribution in [2.75, 3.05) is 30.9 Å². The minimum absolute atomic E-state index is 0.0935. The number of halogens is 3. The summed E-state index contributed by atoms with van der Waals surface area (Å²) in [7, 11) is 1.48. The third-order valence-corrected chi connectivity index (χ3v) is 5.17. The topological polar surface area (TPSA) is 133 Å². The average Bonchev–Trinajstić information content (AvgIpc) is 3.05. The fraction of sp³-hybridized carbons (Fsp3) is 0.476. The third-order valence-electron chi connectivity index (χ3n) is 5.17. The van der Waals surface area contributed by atoms with Gasteiger partial charge in [-0.15, -0.1) is 0 Å². The molecule has 5 N–H and O–H groups in total. The maximum atomic E-state index is 12.6. The molecule has 0 aromatic carbocycles. The van der Waals surface area contributed by atoms with Gasteiger partial charge in [0.1, 0.15) is 18.5 Å². The number of anilines is 2. The van der Waals surface area contributed by atoms with Crippen LogP contribution in [0.1, 0.15) is 23.2 Å². The van der Waals surface area contributed by atoms with Crippen molar-refractivity contribution >= 4 is 11.8 Å². The smallest absolute Gasteiger partial charge is 0.405 e. The maximum absolute atomic E-state index is 12.6. The van der Waals surface area contributed by atoms with Gasteiger partial charge in [-0.25, -0.2) is 9.97 Å². The molecule has 4 unspecified atom stereocenters.